The summed E-state index contributed by atoms with van der Waals surface area (Å²) in [6.45, 7) is 1.22. The van der Waals surface area contributed by atoms with Crippen LogP contribution in [0, 0.1) is 0 Å². The highest BCUT2D eigenvalue weighted by Gasteiger charge is 2.60. The average Bonchev–Trinajstić information content (AvgIpc) is 2.53. The van der Waals surface area contributed by atoms with Gasteiger partial charge in [-0.25, -0.2) is 0 Å². The Hall–Kier alpha value is -0.0800. The third kappa shape index (κ3) is 0.578. The molecular weight excluding hydrogens is 114 g/mol. The van der Waals surface area contributed by atoms with Crippen LogP contribution in [0.2, 0.25) is 0 Å². The van der Waals surface area contributed by atoms with Gasteiger partial charge in [0.1, 0.15) is 0 Å². The quantitative estimate of drug-likeness (QED) is 0.508. The molecule has 1 aliphatic heterocycles. The lowest BCUT2D eigenvalue weighted by Crippen LogP contribution is -2.18. The number of fused-ring (bicyclic) bond motifs is 1. The topological polar surface area (TPSA) is 12.5 Å². The number of ether oxygens (including phenoxy) is 1. The second-order valence-corrected chi connectivity index (χ2v) is 3.22. The van der Waals surface area contributed by atoms with E-state index in [4.69, 9.17) is 4.74 Å². The molecule has 0 aromatic carbocycles. The molecule has 1 saturated heterocycles. The van der Waals surface area contributed by atoms with Crippen molar-refractivity contribution in [1.29, 1.82) is 0 Å². The van der Waals surface area contributed by atoms with E-state index in [2.05, 4.69) is 11.9 Å². The highest BCUT2D eigenvalue weighted by Crippen LogP contribution is 2.50. The lowest BCUT2D eigenvalue weighted by molar-refractivity contribution is 0.0804. The summed E-state index contributed by atoms with van der Waals surface area (Å²) >= 11 is 0. The van der Waals surface area contributed by atoms with Crippen molar-refractivity contribution in [1.82, 2.24) is 4.90 Å². The Morgan fingerprint density at radius 3 is 2.67 bits per heavy atom. The summed E-state index contributed by atoms with van der Waals surface area (Å²) in [7, 11) is 4.01. The summed E-state index contributed by atoms with van der Waals surface area (Å²) in [4.78, 5) is 2.39. The molecule has 2 nitrogen and oxygen atoms in total. The van der Waals surface area contributed by atoms with Crippen molar-refractivity contribution in [2.45, 2.75) is 24.5 Å². The molecule has 0 aromatic heterocycles. The molecule has 2 rings (SSSR count). The van der Waals surface area contributed by atoms with Gasteiger partial charge in [0.2, 0.25) is 0 Å². The molecular formula is C7H13NO. The fourth-order valence-electron chi connectivity index (χ4n) is 1.94. The minimum atomic E-state index is 0.300. The highest BCUT2D eigenvalue weighted by atomic mass is 16.5. The summed E-state index contributed by atoms with van der Waals surface area (Å²) in [6, 6.07) is 0.752. The number of nitrogens with zero attached hydrogens (tertiary/aromatic N) is 1. The first kappa shape index (κ1) is 5.69. The summed E-state index contributed by atoms with van der Waals surface area (Å²) in [5.41, 5.74) is 0.300. The van der Waals surface area contributed by atoms with Gasteiger partial charge in [0.05, 0.1) is 5.60 Å². The Balaban J connectivity index is 2.08. The van der Waals surface area contributed by atoms with Crippen molar-refractivity contribution in [2.75, 3.05) is 20.7 Å². The lowest BCUT2D eigenvalue weighted by atomic mass is 10.2. The monoisotopic (exact) mass is 127 g/mol. The maximum atomic E-state index is 5.40. The van der Waals surface area contributed by atoms with Crippen molar-refractivity contribution in [2.24, 2.45) is 0 Å². The number of piperidine rings is 1. The largest absolute Gasteiger partial charge is 0.376 e. The molecule has 1 saturated carbocycles. The molecule has 0 amide bonds. The number of hydrogen-bond acceptors (Lipinski definition) is 2. The van der Waals surface area contributed by atoms with Crippen molar-refractivity contribution in [3.05, 3.63) is 0 Å². The molecule has 0 N–H and O–H groups in total. The summed E-state index contributed by atoms with van der Waals surface area (Å²) in [5, 5.41) is 0. The van der Waals surface area contributed by atoms with Crippen LogP contribution in [-0.2, 0) is 4.74 Å². The fourth-order valence-corrected chi connectivity index (χ4v) is 1.94. The van der Waals surface area contributed by atoms with E-state index in [1.807, 2.05) is 7.11 Å². The van der Waals surface area contributed by atoms with E-state index in [0.717, 1.165) is 6.04 Å². The predicted molar refractivity (Wildman–Crippen MR) is 35.4 cm³/mol. The van der Waals surface area contributed by atoms with Crippen molar-refractivity contribution >= 4 is 0 Å². The van der Waals surface area contributed by atoms with Crippen LogP contribution in [0.25, 0.3) is 0 Å². The molecule has 0 bridgehead atoms. The molecule has 9 heavy (non-hydrogen) atoms. The maximum Gasteiger partial charge on any atom is 0.0862 e. The SMILES string of the molecule is COC12CCN(C)C1C2. The summed E-state index contributed by atoms with van der Waals surface area (Å²) in [5.74, 6) is 0. The van der Waals surface area contributed by atoms with E-state index in [1.54, 1.807) is 0 Å². The van der Waals surface area contributed by atoms with Crippen LogP contribution in [0.1, 0.15) is 12.8 Å². The second kappa shape index (κ2) is 1.50. The van der Waals surface area contributed by atoms with Crippen molar-refractivity contribution < 1.29 is 4.74 Å². The first-order chi connectivity index (χ1) is 4.28. The first-order valence-electron chi connectivity index (χ1n) is 3.54. The summed E-state index contributed by atoms with van der Waals surface area (Å²) in [6.07, 6.45) is 2.50. The van der Waals surface area contributed by atoms with Gasteiger partial charge >= 0.3 is 0 Å². The molecule has 1 heterocycles. The molecule has 2 unspecified atom stereocenters. The molecule has 1 aliphatic carbocycles. The predicted octanol–water partition coefficient (Wildman–Crippen LogP) is 0.479. The molecule has 2 fully saturated rings. The normalized spacial score (nSPS) is 49.3. The molecule has 0 spiro atoms. The minimum absolute atomic E-state index is 0.300. The second-order valence-electron chi connectivity index (χ2n) is 3.22. The molecule has 2 atom stereocenters. The number of likely N-dealkylation sites (tertiary alicyclic amines) is 1. The van der Waals surface area contributed by atoms with E-state index in [9.17, 15) is 0 Å². The average molecular weight is 127 g/mol. The number of rotatable bonds is 1. The van der Waals surface area contributed by atoms with Gasteiger partial charge in [0.15, 0.2) is 0 Å². The van der Waals surface area contributed by atoms with E-state index < -0.39 is 0 Å². The molecule has 2 heteroatoms. The number of likely N-dealkylation sites (N-methyl/N-ethyl adjacent to an activating group) is 1. The molecule has 52 valence electrons. The van der Waals surface area contributed by atoms with Crippen LogP contribution >= 0.6 is 0 Å². The van der Waals surface area contributed by atoms with Crippen LogP contribution in [0.4, 0.5) is 0 Å². The molecule has 0 aromatic rings. The van der Waals surface area contributed by atoms with Gasteiger partial charge in [-0.05, 0) is 19.9 Å². The Labute approximate surface area is 55.8 Å². The van der Waals surface area contributed by atoms with Gasteiger partial charge in [0, 0.05) is 19.7 Å². The third-order valence-electron chi connectivity index (χ3n) is 2.81. The molecule has 0 radical (unpaired) electrons. The third-order valence-corrected chi connectivity index (χ3v) is 2.81. The van der Waals surface area contributed by atoms with Crippen LogP contribution in [0.5, 0.6) is 0 Å². The fraction of sp³-hybridized carbons (Fsp3) is 1.00. The van der Waals surface area contributed by atoms with Crippen LogP contribution in [-0.4, -0.2) is 37.2 Å². The van der Waals surface area contributed by atoms with Crippen LogP contribution in [0.3, 0.4) is 0 Å². The van der Waals surface area contributed by atoms with Gasteiger partial charge in [-0.3, -0.25) is 0 Å². The van der Waals surface area contributed by atoms with E-state index >= 15 is 0 Å². The zero-order valence-electron chi connectivity index (χ0n) is 6.05. The van der Waals surface area contributed by atoms with Crippen LogP contribution < -0.4 is 0 Å². The minimum Gasteiger partial charge on any atom is -0.376 e. The molecule has 2 aliphatic rings. The Morgan fingerprint density at radius 1 is 1.67 bits per heavy atom. The zero-order chi connectivity index (χ0) is 6.48. The highest BCUT2D eigenvalue weighted by molar-refractivity contribution is 5.15. The Bertz CT molecular complexity index is 137. The van der Waals surface area contributed by atoms with E-state index in [1.165, 1.54) is 19.4 Å². The standard InChI is InChI=1S/C7H13NO/c1-8-4-3-7(9-2)5-6(7)8/h6H,3-5H2,1-2H3. The van der Waals surface area contributed by atoms with Gasteiger partial charge in [-0.2, -0.15) is 0 Å². The van der Waals surface area contributed by atoms with Gasteiger partial charge in [-0.1, -0.05) is 0 Å². The van der Waals surface area contributed by atoms with Gasteiger partial charge in [0.25, 0.3) is 0 Å². The van der Waals surface area contributed by atoms with Crippen molar-refractivity contribution in [3.8, 4) is 0 Å². The smallest absolute Gasteiger partial charge is 0.0862 e. The van der Waals surface area contributed by atoms with E-state index in [0.29, 0.717) is 5.60 Å². The number of hydrogen-bond donors (Lipinski definition) is 0. The number of methoxy groups -OCH3 is 1. The first-order valence-corrected chi connectivity index (χ1v) is 3.54. The summed E-state index contributed by atoms with van der Waals surface area (Å²) < 4.78 is 5.40. The van der Waals surface area contributed by atoms with Crippen molar-refractivity contribution in [3.63, 3.8) is 0 Å². The Morgan fingerprint density at radius 2 is 2.44 bits per heavy atom. The lowest BCUT2D eigenvalue weighted by Gasteiger charge is -2.05. The maximum absolute atomic E-state index is 5.40. The van der Waals surface area contributed by atoms with Crippen LogP contribution in [0.15, 0.2) is 0 Å². The van der Waals surface area contributed by atoms with Gasteiger partial charge in [-0.15, -0.1) is 0 Å². The Kier molecular flexibility index (Phi) is 0.945. The zero-order valence-corrected chi connectivity index (χ0v) is 6.05. The van der Waals surface area contributed by atoms with Gasteiger partial charge < -0.3 is 9.64 Å². The van der Waals surface area contributed by atoms with E-state index in [-0.39, 0.29) is 0 Å².